The minimum absolute atomic E-state index is 0. The van der Waals surface area contributed by atoms with E-state index in [1.807, 2.05) is 6.07 Å². The van der Waals surface area contributed by atoms with Crippen LogP contribution in [0.2, 0.25) is 0 Å². The summed E-state index contributed by atoms with van der Waals surface area (Å²) in [5, 5.41) is 0. The summed E-state index contributed by atoms with van der Waals surface area (Å²) in [7, 11) is 0. The molecule has 0 amide bonds. The quantitative estimate of drug-likeness (QED) is 0.609. The SMILES string of the molecule is Cc1[c-]ccc(C(C)(C)C)c1.[Zr]. The molecule has 0 spiro atoms. The number of hydrogen-bond acceptors (Lipinski definition) is 0. The van der Waals surface area contributed by atoms with Gasteiger partial charge >= 0.3 is 0 Å². The Morgan fingerprint density at radius 1 is 1.25 bits per heavy atom. The third kappa shape index (κ3) is 3.23. The average molecular weight is 238 g/mol. The fourth-order valence-electron chi connectivity index (χ4n) is 1.05. The zero-order chi connectivity index (χ0) is 8.48. The number of hydrogen-bond donors (Lipinski definition) is 0. The Kier molecular flexibility index (Phi) is 4.41. The van der Waals surface area contributed by atoms with Crippen molar-refractivity contribution in [3.05, 3.63) is 35.4 Å². The van der Waals surface area contributed by atoms with Crippen molar-refractivity contribution in [2.75, 3.05) is 0 Å². The normalized spacial score (nSPS) is 10.7. The Hall–Kier alpha value is 0.103. The third-order valence-electron chi connectivity index (χ3n) is 1.81. The van der Waals surface area contributed by atoms with E-state index in [0.717, 1.165) is 0 Å². The number of benzene rings is 1. The van der Waals surface area contributed by atoms with Gasteiger partial charge < -0.3 is 0 Å². The molecule has 1 aromatic rings. The van der Waals surface area contributed by atoms with Gasteiger partial charge in [-0.05, 0) is 5.41 Å². The van der Waals surface area contributed by atoms with E-state index in [1.165, 1.54) is 11.1 Å². The molecule has 0 aliphatic rings. The number of rotatable bonds is 0. The van der Waals surface area contributed by atoms with E-state index >= 15 is 0 Å². The maximum absolute atomic E-state index is 3.14. The van der Waals surface area contributed by atoms with Gasteiger partial charge in [0.15, 0.2) is 0 Å². The molecule has 0 nitrogen and oxygen atoms in total. The van der Waals surface area contributed by atoms with Crippen LogP contribution in [0.1, 0.15) is 31.9 Å². The fourth-order valence-corrected chi connectivity index (χ4v) is 1.05. The molecule has 0 fully saturated rings. The monoisotopic (exact) mass is 237 g/mol. The average Bonchev–Trinajstić information content (AvgIpc) is 1.86. The standard InChI is InChI=1S/C11H15.Zr/c1-9-6-5-7-10(8-9)11(2,3)4;/h5,7-8H,1-4H3;/q-1;. The van der Waals surface area contributed by atoms with Crippen LogP contribution >= 0.6 is 0 Å². The van der Waals surface area contributed by atoms with Crippen LogP contribution < -0.4 is 0 Å². The molecule has 12 heavy (non-hydrogen) atoms. The Morgan fingerprint density at radius 3 is 2.17 bits per heavy atom. The van der Waals surface area contributed by atoms with Crippen LogP contribution in [0.15, 0.2) is 18.2 Å². The van der Waals surface area contributed by atoms with Crippen LogP contribution in [0, 0.1) is 13.0 Å². The summed E-state index contributed by atoms with van der Waals surface area (Å²) in [6.45, 7) is 8.75. The molecule has 1 rings (SSSR count). The summed E-state index contributed by atoms with van der Waals surface area (Å²) in [6.07, 6.45) is 0. The molecule has 64 valence electrons. The van der Waals surface area contributed by atoms with E-state index in [2.05, 4.69) is 45.9 Å². The Labute approximate surface area is 94.5 Å². The summed E-state index contributed by atoms with van der Waals surface area (Å²) in [5.41, 5.74) is 2.87. The van der Waals surface area contributed by atoms with Crippen molar-refractivity contribution in [3.63, 3.8) is 0 Å². The maximum atomic E-state index is 3.14. The third-order valence-corrected chi connectivity index (χ3v) is 1.81. The zero-order valence-electron chi connectivity index (χ0n) is 8.23. The molecule has 0 N–H and O–H groups in total. The minimum Gasteiger partial charge on any atom is -0.181 e. The minimum atomic E-state index is 0. The van der Waals surface area contributed by atoms with Crippen molar-refractivity contribution in [2.45, 2.75) is 33.1 Å². The summed E-state index contributed by atoms with van der Waals surface area (Å²) in [6, 6.07) is 9.47. The first-order valence-corrected chi connectivity index (χ1v) is 3.99. The van der Waals surface area contributed by atoms with E-state index in [4.69, 9.17) is 0 Å². The first kappa shape index (κ1) is 12.1. The van der Waals surface area contributed by atoms with Gasteiger partial charge in [-0.2, -0.15) is 35.4 Å². The molecule has 1 heteroatoms. The second-order valence-corrected chi connectivity index (χ2v) is 4.01. The van der Waals surface area contributed by atoms with Crippen LogP contribution in [0.4, 0.5) is 0 Å². The zero-order valence-corrected chi connectivity index (χ0v) is 10.7. The number of aryl methyl sites for hydroxylation is 1. The second-order valence-electron chi connectivity index (χ2n) is 4.01. The van der Waals surface area contributed by atoms with Gasteiger partial charge in [0.25, 0.3) is 0 Å². The first-order valence-electron chi connectivity index (χ1n) is 3.99. The molecule has 0 bridgehead atoms. The van der Waals surface area contributed by atoms with Crippen molar-refractivity contribution in [1.82, 2.24) is 0 Å². The molecular formula is C11H15Zr-. The largest absolute Gasteiger partial charge is 0.181 e. The molecular weight excluding hydrogens is 223 g/mol. The molecule has 0 atom stereocenters. The van der Waals surface area contributed by atoms with Crippen molar-refractivity contribution in [3.8, 4) is 0 Å². The summed E-state index contributed by atoms with van der Waals surface area (Å²) in [5.74, 6) is 0. The Morgan fingerprint density at radius 2 is 1.83 bits per heavy atom. The van der Waals surface area contributed by atoms with E-state index in [0.29, 0.717) is 0 Å². The Balaban J connectivity index is 0.00000121. The molecule has 0 saturated carbocycles. The molecule has 0 heterocycles. The Bertz CT molecular complexity index is 245. The molecule has 0 saturated heterocycles. The van der Waals surface area contributed by atoms with E-state index < -0.39 is 0 Å². The van der Waals surface area contributed by atoms with Crippen molar-refractivity contribution in [1.29, 1.82) is 0 Å². The molecule has 1 aromatic carbocycles. The van der Waals surface area contributed by atoms with Crippen molar-refractivity contribution in [2.24, 2.45) is 0 Å². The molecule has 0 aliphatic heterocycles. The second kappa shape index (κ2) is 4.37. The smallest absolute Gasteiger partial charge is 0 e. The summed E-state index contributed by atoms with van der Waals surface area (Å²) >= 11 is 0. The van der Waals surface area contributed by atoms with Gasteiger partial charge in [0.2, 0.25) is 0 Å². The molecule has 0 unspecified atom stereocenters. The van der Waals surface area contributed by atoms with Crippen LogP contribution in [-0.2, 0) is 31.6 Å². The summed E-state index contributed by atoms with van der Waals surface area (Å²) in [4.78, 5) is 0. The molecule has 0 aromatic heterocycles. The van der Waals surface area contributed by atoms with E-state index in [9.17, 15) is 0 Å². The van der Waals surface area contributed by atoms with Crippen molar-refractivity contribution >= 4 is 0 Å². The first-order chi connectivity index (χ1) is 5.00. The maximum Gasteiger partial charge on any atom is 0 e. The van der Waals surface area contributed by atoms with Gasteiger partial charge in [0.05, 0.1) is 0 Å². The van der Waals surface area contributed by atoms with E-state index in [-0.39, 0.29) is 31.6 Å². The van der Waals surface area contributed by atoms with Gasteiger partial charge in [-0.1, -0.05) is 27.7 Å². The van der Waals surface area contributed by atoms with Crippen LogP contribution in [-0.4, -0.2) is 0 Å². The van der Waals surface area contributed by atoms with Crippen LogP contribution in [0.5, 0.6) is 0 Å². The van der Waals surface area contributed by atoms with Gasteiger partial charge in [-0.25, -0.2) is 0 Å². The van der Waals surface area contributed by atoms with Gasteiger partial charge in [0, 0.05) is 26.2 Å². The fraction of sp³-hybridized carbons (Fsp3) is 0.455. The van der Waals surface area contributed by atoms with E-state index in [1.54, 1.807) is 0 Å². The summed E-state index contributed by atoms with van der Waals surface area (Å²) < 4.78 is 0. The topological polar surface area (TPSA) is 0 Å². The molecule has 0 radical (unpaired) electrons. The van der Waals surface area contributed by atoms with Crippen LogP contribution in [0.25, 0.3) is 0 Å². The van der Waals surface area contributed by atoms with Gasteiger partial charge in [-0.15, -0.1) is 0 Å². The van der Waals surface area contributed by atoms with Crippen molar-refractivity contribution < 1.29 is 26.2 Å². The molecule has 0 aliphatic carbocycles. The van der Waals surface area contributed by atoms with Gasteiger partial charge in [-0.3, -0.25) is 0 Å². The predicted octanol–water partition coefficient (Wildman–Crippen LogP) is 3.09. The predicted molar refractivity (Wildman–Crippen MR) is 48.7 cm³/mol. The van der Waals surface area contributed by atoms with Crippen LogP contribution in [0.3, 0.4) is 0 Å². The van der Waals surface area contributed by atoms with Gasteiger partial charge in [0.1, 0.15) is 0 Å².